The standard InChI is InChI=1S/C19H21N3O2/c1-2-8-17-14(5-1)6-3-9-18(22-17)20-11-15-7-4-10-19(21-15)24-13-16-12-23-16/h1-3,5-8,16H,4,9-13H2,(H,20,22). The van der Waals surface area contributed by atoms with Crippen molar-refractivity contribution in [1.82, 2.24) is 0 Å². The van der Waals surface area contributed by atoms with Crippen molar-refractivity contribution >= 4 is 23.5 Å². The predicted octanol–water partition coefficient (Wildman–Crippen LogP) is 3.41. The number of rotatable bonds is 4. The molecule has 5 nitrogen and oxygen atoms in total. The third kappa shape index (κ3) is 3.92. The number of epoxide rings is 1. The fourth-order valence-corrected chi connectivity index (χ4v) is 2.72. The summed E-state index contributed by atoms with van der Waals surface area (Å²) in [6.45, 7) is 2.00. The SMILES string of the molecule is C1=Cc2ccccc2NC(=NCC2=CCCC(OCC3CO3)=N2)C1. The molecule has 0 aromatic heterocycles. The van der Waals surface area contributed by atoms with Gasteiger partial charge < -0.3 is 14.8 Å². The number of nitrogens with zero attached hydrogens (tertiary/aromatic N) is 2. The van der Waals surface area contributed by atoms with E-state index in [1.165, 1.54) is 5.56 Å². The first kappa shape index (κ1) is 15.1. The second-order valence-electron chi connectivity index (χ2n) is 6.09. The van der Waals surface area contributed by atoms with Crippen molar-refractivity contribution < 1.29 is 9.47 Å². The van der Waals surface area contributed by atoms with Gasteiger partial charge in [0, 0.05) is 18.5 Å². The molecule has 3 heterocycles. The first-order valence-electron chi connectivity index (χ1n) is 8.44. The Kier molecular flexibility index (Phi) is 4.42. The number of amidine groups is 1. The van der Waals surface area contributed by atoms with Gasteiger partial charge in [0.2, 0.25) is 0 Å². The van der Waals surface area contributed by atoms with Gasteiger partial charge in [-0.05, 0) is 18.1 Å². The molecule has 0 radical (unpaired) electrons. The Morgan fingerprint density at radius 1 is 1.33 bits per heavy atom. The molecule has 124 valence electrons. The minimum Gasteiger partial charge on any atom is -0.478 e. The lowest BCUT2D eigenvalue weighted by Crippen LogP contribution is -2.14. The van der Waals surface area contributed by atoms with Gasteiger partial charge in [-0.3, -0.25) is 4.99 Å². The molecule has 1 fully saturated rings. The quantitative estimate of drug-likeness (QED) is 0.864. The van der Waals surface area contributed by atoms with Crippen LogP contribution in [0.2, 0.25) is 0 Å². The lowest BCUT2D eigenvalue weighted by atomic mass is 10.2. The topological polar surface area (TPSA) is 58.5 Å². The summed E-state index contributed by atoms with van der Waals surface area (Å²) in [5.74, 6) is 1.77. The van der Waals surface area contributed by atoms with Gasteiger partial charge in [-0.25, -0.2) is 4.99 Å². The van der Waals surface area contributed by atoms with Gasteiger partial charge in [0.15, 0.2) is 5.90 Å². The zero-order valence-corrected chi connectivity index (χ0v) is 13.6. The number of aliphatic imine (C=N–C) groups is 2. The Morgan fingerprint density at radius 2 is 2.25 bits per heavy atom. The molecule has 0 amide bonds. The number of hydrogen-bond acceptors (Lipinski definition) is 4. The summed E-state index contributed by atoms with van der Waals surface area (Å²) in [4.78, 5) is 9.29. The number of para-hydroxylation sites is 1. The summed E-state index contributed by atoms with van der Waals surface area (Å²) in [5, 5.41) is 3.42. The van der Waals surface area contributed by atoms with E-state index in [4.69, 9.17) is 14.5 Å². The van der Waals surface area contributed by atoms with Crippen molar-refractivity contribution in [2.45, 2.75) is 25.4 Å². The summed E-state index contributed by atoms with van der Waals surface area (Å²) >= 11 is 0. The van der Waals surface area contributed by atoms with Crippen LogP contribution in [0.5, 0.6) is 0 Å². The van der Waals surface area contributed by atoms with Gasteiger partial charge in [-0.15, -0.1) is 0 Å². The van der Waals surface area contributed by atoms with E-state index in [0.717, 1.165) is 49.0 Å². The van der Waals surface area contributed by atoms with Crippen LogP contribution in [0.25, 0.3) is 6.08 Å². The first-order valence-corrected chi connectivity index (χ1v) is 8.44. The maximum Gasteiger partial charge on any atom is 0.188 e. The normalized spacial score (nSPS) is 23.7. The Labute approximate surface area is 141 Å². The monoisotopic (exact) mass is 323 g/mol. The molecule has 5 heteroatoms. The minimum absolute atomic E-state index is 0.268. The van der Waals surface area contributed by atoms with Crippen LogP contribution < -0.4 is 5.32 Å². The number of fused-ring (bicyclic) bond motifs is 1. The van der Waals surface area contributed by atoms with E-state index in [2.05, 4.69) is 40.7 Å². The van der Waals surface area contributed by atoms with Crippen LogP contribution in [0.3, 0.4) is 0 Å². The molecular weight excluding hydrogens is 302 g/mol. The van der Waals surface area contributed by atoms with Crippen molar-refractivity contribution in [2.75, 3.05) is 25.1 Å². The van der Waals surface area contributed by atoms with Crippen LogP contribution in [-0.4, -0.2) is 37.6 Å². The highest BCUT2D eigenvalue weighted by Gasteiger charge is 2.24. The van der Waals surface area contributed by atoms with Crippen molar-refractivity contribution in [3.8, 4) is 0 Å². The summed E-state index contributed by atoms with van der Waals surface area (Å²) in [6.07, 6.45) is 9.31. The van der Waals surface area contributed by atoms with Crippen LogP contribution in [0.15, 0.2) is 52.1 Å². The molecule has 24 heavy (non-hydrogen) atoms. The maximum absolute atomic E-state index is 5.70. The average Bonchev–Trinajstić information content (AvgIpc) is 3.45. The van der Waals surface area contributed by atoms with Crippen molar-refractivity contribution in [2.24, 2.45) is 9.98 Å². The van der Waals surface area contributed by atoms with Crippen LogP contribution in [0.4, 0.5) is 5.69 Å². The predicted molar refractivity (Wildman–Crippen MR) is 96.5 cm³/mol. The van der Waals surface area contributed by atoms with E-state index in [-0.39, 0.29) is 6.10 Å². The molecule has 3 aliphatic heterocycles. The highest BCUT2D eigenvalue weighted by atomic mass is 16.6. The molecule has 0 saturated carbocycles. The summed E-state index contributed by atoms with van der Waals surface area (Å²) in [6, 6.07) is 8.25. The Bertz CT molecular complexity index is 730. The molecule has 1 unspecified atom stereocenters. The van der Waals surface area contributed by atoms with Crippen LogP contribution in [-0.2, 0) is 9.47 Å². The molecule has 0 aliphatic carbocycles. The molecule has 1 saturated heterocycles. The summed E-state index contributed by atoms with van der Waals surface area (Å²) < 4.78 is 10.9. The number of ether oxygens (including phenoxy) is 2. The van der Waals surface area contributed by atoms with Gasteiger partial charge >= 0.3 is 0 Å². The molecule has 0 spiro atoms. The van der Waals surface area contributed by atoms with Gasteiger partial charge in [-0.2, -0.15) is 0 Å². The molecule has 3 aliphatic rings. The summed E-state index contributed by atoms with van der Waals surface area (Å²) in [7, 11) is 0. The first-order chi connectivity index (χ1) is 11.9. The molecule has 1 aromatic rings. The van der Waals surface area contributed by atoms with Crippen LogP contribution in [0.1, 0.15) is 24.8 Å². The molecule has 0 bridgehead atoms. The fourth-order valence-electron chi connectivity index (χ4n) is 2.72. The third-order valence-electron chi connectivity index (χ3n) is 4.12. The van der Waals surface area contributed by atoms with Crippen molar-refractivity contribution in [3.05, 3.63) is 47.7 Å². The lowest BCUT2D eigenvalue weighted by Gasteiger charge is -2.13. The number of benzene rings is 1. The average molecular weight is 323 g/mol. The number of hydrogen-bond donors (Lipinski definition) is 1. The van der Waals surface area contributed by atoms with E-state index in [1.54, 1.807) is 0 Å². The zero-order chi connectivity index (χ0) is 16.2. The van der Waals surface area contributed by atoms with Gasteiger partial charge in [0.1, 0.15) is 18.5 Å². The fraction of sp³-hybridized carbons (Fsp3) is 0.368. The second kappa shape index (κ2) is 7.01. The van der Waals surface area contributed by atoms with Crippen molar-refractivity contribution in [3.63, 3.8) is 0 Å². The van der Waals surface area contributed by atoms with Crippen molar-refractivity contribution in [1.29, 1.82) is 0 Å². The van der Waals surface area contributed by atoms with Crippen LogP contribution >= 0.6 is 0 Å². The van der Waals surface area contributed by atoms with E-state index in [9.17, 15) is 0 Å². The van der Waals surface area contributed by atoms with E-state index >= 15 is 0 Å². The molecular formula is C19H21N3O2. The van der Waals surface area contributed by atoms with E-state index < -0.39 is 0 Å². The Balaban J connectivity index is 1.39. The highest BCUT2D eigenvalue weighted by Crippen LogP contribution is 2.21. The van der Waals surface area contributed by atoms with Gasteiger partial charge in [0.05, 0.1) is 18.8 Å². The minimum atomic E-state index is 0.268. The maximum atomic E-state index is 5.70. The number of allylic oxidation sites excluding steroid dienone is 1. The Hall–Kier alpha value is -2.40. The molecule has 1 aromatic carbocycles. The Morgan fingerprint density at radius 3 is 3.17 bits per heavy atom. The largest absolute Gasteiger partial charge is 0.478 e. The van der Waals surface area contributed by atoms with E-state index in [0.29, 0.717) is 13.2 Å². The molecule has 4 rings (SSSR count). The van der Waals surface area contributed by atoms with Gasteiger partial charge in [-0.1, -0.05) is 36.4 Å². The van der Waals surface area contributed by atoms with Gasteiger partial charge in [0.25, 0.3) is 0 Å². The lowest BCUT2D eigenvalue weighted by molar-refractivity contribution is 0.246. The second-order valence-corrected chi connectivity index (χ2v) is 6.09. The zero-order valence-electron chi connectivity index (χ0n) is 13.6. The third-order valence-corrected chi connectivity index (χ3v) is 4.12. The number of anilines is 1. The smallest absolute Gasteiger partial charge is 0.188 e. The molecule has 1 atom stereocenters. The molecule has 1 N–H and O–H groups in total. The summed E-state index contributed by atoms with van der Waals surface area (Å²) in [5.41, 5.74) is 3.26. The number of nitrogens with one attached hydrogen (secondary N) is 1. The van der Waals surface area contributed by atoms with Crippen LogP contribution in [0, 0.1) is 0 Å². The highest BCUT2D eigenvalue weighted by molar-refractivity contribution is 6.00. The van der Waals surface area contributed by atoms with E-state index in [1.807, 2.05) is 12.1 Å².